The van der Waals surface area contributed by atoms with E-state index in [4.69, 9.17) is 0 Å². The summed E-state index contributed by atoms with van der Waals surface area (Å²) in [6.45, 7) is 1.82. The molecule has 1 radical (unpaired) electrons. The maximum atomic E-state index is 11.3. The van der Waals surface area contributed by atoms with E-state index >= 15 is 0 Å². The highest BCUT2D eigenvalue weighted by molar-refractivity contribution is 7.89. The maximum absolute atomic E-state index is 11.3. The molecule has 1 rings (SSSR count). The standard InChI is InChI=1S/C9H10NO3S/c1-7-4-3-5-8(6-7)9(11)10-14(2,12)13/h3-6H,1-2H3. The average molecular weight is 212 g/mol. The molecule has 75 valence electrons. The van der Waals surface area contributed by atoms with Gasteiger partial charge in [-0.25, -0.2) is 8.42 Å². The molecule has 0 N–H and O–H groups in total. The predicted octanol–water partition coefficient (Wildman–Crippen LogP) is 0.699. The fraction of sp³-hybridized carbons (Fsp3) is 0.222. The van der Waals surface area contributed by atoms with E-state index in [1.54, 1.807) is 12.1 Å². The van der Waals surface area contributed by atoms with Crippen molar-refractivity contribution < 1.29 is 13.2 Å². The van der Waals surface area contributed by atoms with E-state index in [0.29, 0.717) is 0 Å². The first-order chi connectivity index (χ1) is 6.38. The van der Waals surface area contributed by atoms with Gasteiger partial charge in [-0.05, 0) is 19.1 Å². The number of amides is 1. The lowest BCUT2D eigenvalue weighted by Crippen LogP contribution is -2.21. The molecule has 0 spiro atoms. The minimum atomic E-state index is -3.61. The number of aryl methyl sites for hydroxylation is 1. The van der Waals surface area contributed by atoms with Crippen LogP contribution in [0.25, 0.3) is 0 Å². The summed E-state index contributed by atoms with van der Waals surface area (Å²) >= 11 is 0. The highest BCUT2D eigenvalue weighted by Crippen LogP contribution is 2.04. The summed E-state index contributed by atoms with van der Waals surface area (Å²) in [5, 5.41) is 0. The Hall–Kier alpha value is -1.36. The first-order valence-electron chi connectivity index (χ1n) is 3.92. The molecule has 0 bridgehead atoms. The molecule has 1 aromatic carbocycles. The van der Waals surface area contributed by atoms with E-state index in [-0.39, 0.29) is 5.56 Å². The molecule has 0 fully saturated rings. The topological polar surface area (TPSA) is 65.3 Å². The summed E-state index contributed by atoms with van der Waals surface area (Å²) in [5.74, 6) is -0.726. The molecular formula is C9H10NO3S. The molecule has 1 aromatic rings. The van der Waals surface area contributed by atoms with Crippen LogP contribution < -0.4 is 4.72 Å². The summed E-state index contributed by atoms with van der Waals surface area (Å²) in [6.07, 6.45) is 0.890. The van der Waals surface area contributed by atoms with Crippen molar-refractivity contribution in [1.29, 1.82) is 0 Å². The molecule has 0 aliphatic carbocycles. The molecule has 0 saturated heterocycles. The van der Waals surface area contributed by atoms with Crippen molar-refractivity contribution in [3.8, 4) is 0 Å². The summed E-state index contributed by atoms with van der Waals surface area (Å²) in [6, 6.07) is 6.62. The maximum Gasteiger partial charge on any atom is 0.287 e. The second-order valence-corrected chi connectivity index (χ2v) is 4.65. The predicted molar refractivity (Wildman–Crippen MR) is 52.5 cm³/mol. The zero-order valence-corrected chi connectivity index (χ0v) is 8.71. The van der Waals surface area contributed by atoms with E-state index in [0.717, 1.165) is 11.8 Å². The van der Waals surface area contributed by atoms with E-state index in [1.807, 2.05) is 13.0 Å². The van der Waals surface area contributed by atoms with E-state index in [9.17, 15) is 13.2 Å². The number of carbonyl (C=O) groups is 1. The molecule has 1 amide bonds. The number of benzene rings is 1. The van der Waals surface area contributed by atoms with Crippen molar-refractivity contribution in [3.05, 3.63) is 35.4 Å². The SMILES string of the molecule is Cc1cccc(C(=O)[N]S(C)(=O)=O)c1. The number of nitrogens with zero attached hydrogens (tertiary/aromatic N) is 1. The third-order valence-corrected chi connectivity index (χ3v) is 2.01. The van der Waals surface area contributed by atoms with Crippen molar-refractivity contribution in [2.75, 3.05) is 6.26 Å². The van der Waals surface area contributed by atoms with Gasteiger partial charge in [0.15, 0.2) is 0 Å². The second-order valence-electron chi connectivity index (χ2n) is 3.00. The Morgan fingerprint density at radius 1 is 1.36 bits per heavy atom. The van der Waals surface area contributed by atoms with Crippen LogP contribution in [0.2, 0.25) is 0 Å². The summed E-state index contributed by atoms with van der Waals surface area (Å²) < 4.78 is 24.5. The Bertz CT molecular complexity index is 451. The van der Waals surface area contributed by atoms with Gasteiger partial charge in [-0.3, -0.25) is 4.79 Å². The summed E-state index contributed by atoms with van der Waals surface area (Å²) in [5.41, 5.74) is 1.18. The molecule has 0 aliphatic rings. The Kier molecular flexibility index (Phi) is 2.90. The lowest BCUT2D eigenvalue weighted by molar-refractivity contribution is 0.0978. The van der Waals surface area contributed by atoms with Crippen LogP contribution in [0.4, 0.5) is 0 Å². The molecule has 4 nitrogen and oxygen atoms in total. The molecule has 0 atom stereocenters. The molecule has 0 aliphatic heterocycles. The van der Waals surface area contributed by atoms with Crippen LogP contribution in [-0.2, 0) is 10.0 Å². The van der Waals surface area contributed by atoms with Gasteiger partial charge < -0.3 is 0 Å². The van der Waals surface area contributed by atoms with Crippen molar-refractivity contribution in [1.82, 2.24) is 4.72 Å². The van der Waals surface area contributed by atoms with Crippen LogP contribution in [0.5, 0.6) is 0 Å². The third-order valence-electron chi connectivity index (χ3n) is 1.51. The lowest BCUT2D eigenvalue weighted by atomic mass is 10.1. The largest absolute Gasteiger partial charge is 0.287 e. The van der Waals surface area contributed by atoms with Crippen LogP contribution in [0.3, 0.4) is 0 Å². The minimum Gasteiger partial charge on any atom is -0.266 e. The van der Waals surface area contributed by atoms with Crippen molar-refractivity contribution >= 4 is 15.9 Å². The molecule has 5 heteroatoms. The second kappa shape index (κ2) is 3.79. The van der Waals surface area contributed by atoms with Crippen LogP contribution in [0.15, 0.2) is 24.3 Å². The first-order valence-corrected chi connectivity index (χ1v) is 5.77. The van der Waals surface area contributed by atoms with E-state index < -0.39 is 15.9 Å². The number of sulfonamides is 1. The van der Waals surface area contributed by atoms with Crippen LogP contribution in [0, 0.1) is 6.92 Å². The minimum absolute atomic E-state index is 0.287. The zero-order valence-electron chi connectivity index (χ0n) is 7.89. The normalized spacial score (nSPS) is 11.0. The van der Waals surface area contributed by atoms with Gasteiger partial charge in [0.25, 0.3) is 15.9 Å². The van der Waals surface area contributed by atoms with Crippen LogP contribution >= 0.6 is 0 Å². The van der Waals surface area contributed by atoms with Gasteiger partial charge in [0.1, 0.15) is 0 Å². The molecule has 14 heavy (non-hydrogen) atoms. The monoisotopic (exact) mass is 212 g/mol. The Balaban J connectivity index is 2.91. The molecule has 0 aromatic heterocycles. The fourth-order valence-electron chi connectivity index (χ4n) is 0.981. The number of hydrogen-bond acceptors (Lipinski definition) is 3. The molecular weight excluding hydrogens is 202 g/mol. The molecule has 0 unspecified atom stereocenters. The van der Waals surface area contributed by atoms with Crippen LogP contribution in [-0.4, -0.2) is 20.6 Å². The third kappa shape index (κ3) is 3.18. The quantitative estimate of drug-likeness (QED) is 0.724. The zero-order chi connectivity index (χ0) is 10.8. The Morgan fingerprint density at radius 3 is 2.50 bits per heavy atom. The highest BCUT2D eigenvalue weighted by Gasteiger charge is 2.13. The Morgan fingerprint density at radius 2 is 2.00 bits per heavy atom. The van der Waals surface area contributed by atoms with Crippen molar-refractivity contribution in [3.63, 3.8) is 0 Å². The molecule has 0 heterocycles. The van der Waals surface area contributed by atoms with E-state index in [1.165, 1.54) is 6.07 Å². The fourth-order valence-corrected chi connectivity index (χ4v) is 1.39. The summed E-state index contributed by atoms with van der Waals surface area (Å²) in [7, 11) is -3.61. The molecule has 0 saturated carbocycles. The van der Waals surface area contributed by atoms with Crippen LogP contribution in [0.1, 0.15) is 15.9 Å². The number of rotatable bonds is 2. The highest BCUT2D eigenvalue weighted by atomic mass is 32.2. The van der Waals surface area contributed by atoms with E-state index in [2.05, 4.69) is 4.72 Å². The lowest BCUT2D eigenvalue weighted by Gasteiger charge is -1.99. The van der Waals surface area contributed by atoms with Crippen molar-refractivity contribution in [2.24, 2.45) is 0 Å². The van der Waals surface area contributed by atoms with Gasteiger partial charge in [0.05, 0.1) is 6.26 Å². The number of hydrogen-bond donors (Lipinski definition) is 0. The first kappa shape index (κ1) is 10.7. The number of carbonyl (C=O) groups excluding carboxylic acids is 1. The van der Waals surface area contributed by atoms with Crippen molar-refractivity contribution in [2.45, 2.75) is 6.92 Å². The van der Waals surface area contributed by atoms with Gasteiger partial charge in [0, 0.05) is 5.56 Å². The van der Waals surface area contributed by atoms with Gasteiger partial charge in [-0.2, -0.15) is 0 Å². The Labute approximate surface area is 83.0 Å². The average Bonchev–Trinajstić information content (AvgIpc) is 2.01. The summed E-state index contributed by atoms with van der Waals surface area (Å²) in [4.78, 5) is 11.3. The van der Waals surface area contributed by atoms with Gasteiger partial charge in [-0.1, -0.05) is 17.7 Å². The van der Waals surface area contributed by atoms with Gasteiger partial charge in [-0.15, -0.1) is 4.72 Å². The van der Waals surface area contributed by atoms with Gasteiger partial charge >= 0.3 is 0 Å². The smallest absolute Gasteiger partial charge is 0.266 e. The van der Waals surface area contributed by atoms with Gasteiger partial charge in [0.2, 0.25) is 0 Å².